The third kappa shape index (κ3) is 4.82. The minimum atomic E-state index is -1.25. The van der Waals surface area contributed by atoms with Gasteiger partial charge >= 0.3 is 6.09 Å². The fourth-order valence-corrected chi connectivity index (χ4v) is 2.71. The first-order valence-corrected chi connectivity index (χ1v) is 7.89. The van der Waals surface area contributed by atoms with Crippen LogP contribution in [-0.2, 0) is 0 Å². The maximum atomic E-state index is 10.9. The highest BCUT2D eigenvalue weighted by molar-refractivity contribution is 6.42. The third-order valence-electron chi connectivity index (χ3n) is 3.65. The summed E-state index contributed by atoms with van der Waals surface area (Å²) < 4.78 is 0. The van der Waals surface area contributed by atoms with Crippen molar-refractivity contribution in [3.8, 4) is 0 Å². The summed E-state index contributed by atoms with van der Waals surface area (Å²) in [5, 5.41) is 33.2. The van der Waals surface area contributed by atoms with E-state index >= 15 is 0 Å². The average Bonchev–Trinajstić information content (AvgIpc) is 2.57. The second kappa shape index (κ2) is 8.15. The van der Waals surface area contributed by atoms with Gasteiger partial charge in [-0.05, 0) is 23.3 Å². The summed E-state index contributed by atoms with van der Waals surface area (Å²) in [6, 6.07) is 10.2. The zero-order chi connectivity index (χ0) is 18.6. The van der Waals surface area contributed by atoms with Crippen LogP contribution >= 0.6 is 23.2 Å². The maximum Gasteiger partial charge on any atom is 0.404 e. The standard InChI is InChI=1S/C16H14Cl2N2O5/c17-13-5-4-9(7-14(13)18)12(8-19-16(22)23)15(21)10-2-1-3-11(6-10)20(24)25/h1-7,12,15,19,21H,8H2,(H,22,23). The minimum Gasteiger partial charge on any atom is -0.465 e. The molecule has 0 aliphatic carbocycles. The summed E-state index contributed by atoms with van der Waals surface area (Å²) in [7, 11) is 0. The van der Waals surface area contributed by atoms with Crippen LogP contribution in [0.15, 0.2) is 42.5 Å². The molecule has 0 aliphatic rings. The van der Waals surface area contributed by atoms with Gasteiger partial charge in [0.25, 0.3) is 5.69 Å². The van der Waals surface area contributed by atoms with Gasteiger partial charge < -0.3 is 15.5 Å². The number of hydrogen-bond acceptors (Lipinski definition) is 4. The normalized spacial score (nSPS) is 13.1. The van der Waals surface area contributed by atoms with Crippen molar-refractivity contribution in [3.63, 3.8) is 0 Å². The largest absolute Gasteiger partial charge is 0.465 e. The molecule has 2 rings (SSSR count). The molecule has 2 atom stereocenters. The number of carbonyl (C=O) groups is 1. The van der Waals surface area contributed by atoms with Crippen LogP contribution in [0.2, 0.25) is 10.0 Å². The van der Waals surface area contributed by atoms with E-state index in [1.165, 1.54) is 36.4 Å². The van der Waals surface area contributed by atoms with Crippen molar-refractivity contribution in [1.82, 2.24) is 5.32 Å². The highest BCUT2D eigenvalue weighted by Gasteiger charge is 2.25. The molecular formula is C16H14Cl2N2O5. The Morgan fingerprint density at radius 1 is 1.16 bits per heavy atom. The SMILES string of the molecule is O=C(O)NCC(c1ccc(Cl)c(Cl)c1)C(O)c1cccc([N+](=O)[O-])c1. The smallest absolute Gasteiger partial charge is 0.404 e. The molecule has 0 radical (unpaired) electrons. The lowest BCUT2D eigenvalue weighted by Gasteiger charge is -2.24. The quantitative estimate of drug-likeness (QED) is 0.514. The van der Waals surface area contributed by atoms with Gasteiger partial charge in [0.15, 0.2) is 0 Å². The highest BCUT2D eigenvalue weighted by atomic mass is 35.5. The van der Waals surface area contributed by atoms with Crippen LogP contribution in [0.4, 0.5) is 10.5 Å². The van der Waals surface area contributed by atoms with E-state index in [4.69, 9.17) is 28.3 Å². The maximum absolute atomic E-state index is 10.9. The van der Waals surface area contributed by atoms with Crippen LogP contribution in [0.1, 0.15) is 23.1 Å². The van der Waals surface area contributed by atoms with Gasteiger partial charge in [0.05, 0.1) is 21.1 Å². The van der Waals surface area contributed by atoms with Crippen LogP contribution in [0.25, 0.3) is 0 Å². The Morgan fingerprint density at radius 2 is 1.88 bits per heavy atom. The molecule has 0 fully saturated rings. The van der Waals surface area contributed by atoms with Crippen molar-refractivity contribution >= 4 is 35.0 Å². The highest BCUT2D eigenvalue weighted by Crippen LogP contribution is 2.34. The number of aliphatic hydroxyl groups excluding tert-OH is 1. The number of hydrogen-bond donors (Lipinski definition) is 3. The molecule has 0 spiro atoms. The van der Waals surface area contributed by atoms with E-state index in [0.717, 1.165) is 0 Å². The van der Waals surface area contributed by atoms with Crippen LogP contribution in [-0.4, -0.2) is 27.8 Å². The summed E-state index contributed by atoms with van der Waals surface area (Å²) in [6.07, 6.45) is -2.44. The lowest BCUT2D eigenvalue weighted by Crippen LogP contribution is -2.29. The first kappa shape index (κ1) is 19.0. The number of carboxylic acid groups (broad SMARTS) is 1. The second-order valence-electron chi connectivity index (χ2n) is 5.26. The Kier molecular flexibility index (Phi) is 6.19. The zero-order valence-electron chi connectivity index (χ0n) is 12.7. The number of nitrogens with zero attached hydrogens (tertiary/aromatic N) is 1. The Labute approximate surface area is 153 Å². The molecule has 0 saturated carbocycles. The van der Waals surface area contributed by atoms with Crippen LogP contribution in [0.5, 0.6) is 0 Å². The number of halogens is 2. The Balaban J connectivity index is 2.39. The molecule has 25 heavy (non-hydrogen) atoms. The van der Waals surface area contributed by atoms with Gasteiger partial charge in [-0.15, -0.1) is 0 Å². The van der Waals surface area contributed by atoms with E-state index < -0.39 is 23.0 Å². The van der Waals surface area contributed by atoms with Crippen LogP contribution in [0.3, 0.4) is 0 Å². The van der Waals surface area contributed by atoms with Crippen molar-refractivity contribution in [2.45, 2.75) is 12.0 Å². The Morgan fingerprint density at radius 3 is 2.48 bits per heavy atom. The number of aliphatic hydroxyl groups is 1. The molecule has 0 heterocycles. The molecule has 2 aromatic carbocycles. The molecule has 2 aromatic rings. The van der Waals surface area contributed by atoms with Crippen molar-refractivity contribution in [3.05, 3.63) is 73.8 Å². The van der Waals surface area contributed by atoms with E-state index in [9.17, 15) is 20.0 Å². The number of nitro benzene ring substituents is 1. The third-order valence-corrected chi connectivity index (χ3v) is 4.39. The predicted molar refractivity (Wildman–Crippen MR) is 93.3 cm³/mol. The molecule has 7 nitrogen and oxygen atoms in total. The first-order chi connectivity index (χ1) is 11.8. The monoisotopic (exact) mass is 384 g/mol. The summed E-state index contributed by atoms with van der Waals surface area (Å²) in [6.45, 7) is -0.114. The van der Waals surface area contributed by atoms with Gasteiger partial charge in [0.2, 0.25) is 0 Å². The van der Waals surface area contributed by atoms with Crippen molar-refractivity contribution in [1.29, 1.82) is 0 Å². The van der Waals surface area contributed by atoms with E-state index in [1.54, 1.807) is 6.07 Å². The summed E-state index contributed by atoms with van der Waals surface area (Å²) in [5.41, 5.74) is 0.662. The van der Waals surface area contributed by atoms with E-state index in [2.05, 4.69) is 5.32 Å². The fraction of sp³-hybridized carbons (Fsp3) is 0.188. The summed E-state index contributed by atoms with van der Waals surface area (Å²) >= 11 is 11.9. The van der Waals surface area contributed by atoms with Gasteiger partial charge in [-0.1, -0.05) is 41.4 Å². The number of non-ortho nitro benzene ring substituents is 1. The molecule has 2 unspecified atom stereocenters. The van der Waals surface area contributed by atoms with E-state index in [-0.39, 0.29) is 22.8 Å². The number of amides is 1. The lowest BCUT2D eigenvalue weighted by atomic mass is 9.89. The Hall–Kier alpha value is -2.35. The summed E-state index contributed by atoms with van der Waals surface area (Å²) in [4.78, 5) is 21.2. The van der Waals surface area contributed by atoms with Crippen LogP contribution < -0.4 is 5.32 Å². The van der Waals surface area contributed by atoms with E-state index in [0.29, 0.717) is 10.6 Å². The first-order valence-electron chi connectivity index (χ1n) is 7.13. The number of nitro groups is 1. The average molecular weight is 385 g/mol. The molecule has 132 valence electrons. The van der Waals surface area contributed by atoms with Crippen molar-refractivity contribution < 1.29 is 19.9 Å². The molecule has 3 N–H and O–H groups in total. The van der Waals surface area contributed by atoms with Gasteiger partial charge in [-0.25, -0.2) is 4.79 Å². The van der Waals surface area contributed by atoms with Gasteiger partial charge in [-0.3, -0.25) is 10.1 Å². The molecule has 0 bridgehead atoms. The van der Waals surface area contributed by atoms with E-state index in [1.807, 2.05) is 0 Å². The van der Waals surface area contributed by atoms with Crippen molar-refractivity contribution in [2.24, 2.45) is 0 Å². The molecule has 0 saturated heterocycles. The predicted octanol–water partition coefficient (Wildman–Crippen LogP) is 3.99. The number of nitrogens with one attached hydrogen (secondary N) is 1. The molecule has 1 amide bonds. The molecule has 0 aliphatic heterocycles. The van der Waals surface area contributed by atoms with Crippen LogP contribution in [0, 0.1) is 10.1 Å². The number of rotatable bonds is 6. The van der Waals surface area contributed by atoms with Crippen molar-refractivity contribution in [2.75, 3.05) is 6.54 Å². The topological polar surface area (TPSA) is 113 Å². The minimum absolute atomic E-state index is 0.114. The molecule has 0 aromatic heterocycles. The second-order valence-corrected chi connectivity index (χ2v) is 6.08. The number of benzene rings is 2. The zero-order valence-corrected chi connectivity index (χ0v) is 14.2. The Bertz CT molecular complexity index is 800. The molecular weight excluding hydrogens is 371 g/mol. The van der Waals surface area contributed by atoms with Gasteiger partial charge in [-0.2, -0.15) is 0 Å². The summed E-state index contributed by atoms with van der Waals surface area (Å²) in [5.74, 6) is -0.715. The molecule has 9 heteroatoms. The lowest BCUT2D eigenvalue weighted by molar-refractivity contribution is -0.385. The van der Waals surface area contributed by atoms with Gasteiger partial charge in [0, 0.05) is 24.6 Å². The fourth-order valence-electron chi connectivity index (χ4n) is 2.41. The van der Waals surface area contributed by atoms with Gasteiger partial charge in [0.1, 0.15) is 0 Å².